The third kappa shape index (κ3) is 6.34. The van der Waals surface area contributed by atoms with Crippen molar-refractivity contribution < 1.29 is 1.37 Å². The minimum Gasteiger partial charge on any atom is -0.124 e. The molecule has 0 spiro atoms. The number of hydrogen-bond donors (Lipinski definition) is 0. The lowest BCUT2D eigenvalue weighted by Gasteiger charge is -2.37. The van der Waals surface area contributed by atoms with E-state index in [1.54, 1.807) is 0 Å². The van der Waals surface area contributed by atoms with Crippen LogP contribution in [0.5, 0.6) is 0 Å². The second kappa shape index (κ2) is 11.2. The maximum atomic E-state index is 5.74. The predicted molar refractivity (Wildman–Crippen MR) is 94.6 cm³/mol. The van der Waals surface area contributed by atoms with Crippen molar-refractivity contribution in [1.29, 1.82) is 0 Å². The molecule has 0 rings (SSSR count). The summed E-state index contributed by atoms with van der Waals surface area (Å²) in [6.45, 7) is 21.8. The third-order valence-corrected chi connectivity index (χ3v) is 6.40. The molecule has 20 heavy (non-hydrogen) atoms. The molecule has 0 bridgehead atoms. The minimum absolute atomic E-state index is 0.831. The highest BCUT2D eigenvalue weighted by molar-refractivity contribution is 4.79. The molecule has 0 aromatic heterocycles. The fourth-order valence-electron chi connectivity index (χ4n) is 3.22. The molecule has 0 aliphatic heterocycles. The van der Waals surface area contributed by atoms with Crippen LogP contribution in [-0.2, 0) is 0 Å². The second-order valence-corrected chi connectivity index (χ2v) is 7.07. The summed E-state index contributed by atoms with van der Waals surface area (Å²) in [4.78, 5) is 0. The van der Waals surface area contributed by atoms with Gasteiger partial charge in [0.1, 0.15) is 1.37 Å². The molecule has 0 heterocycles. The first-order valence-corrected chi connectivity index (χ1v) is 8.56. The third-order valence-electron chi connectivity index (χ3n) is 6.40. The molecule has 0 aromatic rings. The van der Waals surface area contributed by atoms with Gasteiger partial charge < -0.3 is 0 Å². The van der Waals surface area contributed by atoms with Gasteiger partial charge in [-0.3, -0.25) is 0 Å². The van der Waals surface area contributed by atoms with E-state index in [1.807, 2.05) is 0 Å². The molecule has 0 nitrogen and oxygen atoms in total. The average Bonchev–Trinajstić information content (AvgIpc) is 2.50. The Bertz CT molecular complexity index is 256. The molecule has 0 heteroatoms. The van der Waals surface area contributed by atoms with Gasteiger partial charge in [0.05, 0.1) is 0 Å². The van der Waals surface area contributed by atoms with Crippen molar-refractivity contribution >= 4 is 0 Å². The van der Waals surface area contributed by atoms with Crippen molar-refractivity contribution in [2.45, 2.75) is 75.2 Å². The first-order chi connectivity index (χ1) is 9.69. The number of rotatable bonds is 8. The van der Waals surface area contributed by atoms with Crippen LogP contribution in [0.15, 0.2) is 0 Å². The molecule has 0 saturated heterocycles. The van der Waals surface area contributed by atoms with Crippen LogP contribution in [-0.4, -0.2) is 0 Å². The fourth-order valence-corrected chi connectivity index (χ4v) is 3.22. The smallest absolute Gasteiger partial charge is 0.124 e. The Kier molecular flexibility index (Phi) is 11.0. The summed E-state index contributed by atoms with van der Waals surface area (Å²) in [6, 6.07) is 0. The summed E-state index contributed by atoms with van der Waals surface area (Å²) >= 11 is 0. The van der Waals surface area contributed by atoms with Crippen LogP contribution in [0.25, 0.3) is 0 Å². The Morgan fingerprint density at radius 1 is 0.650 bits per heavy atom. The molecule has 0 aromatic carbocycles. The molecule has 0 fully saturated rings. The van der Waals surface area contributed by atoms with E-state index >= 15 is 0 Å². The highest BCUT2D eigenvalue weighted by Gasteiger charge is 2.30. The zero-order valence-corrected chi connectivity index (χ0v) is 15.5. The van der Waals surface area contributed by atoms with Crippen LogP contribution in [0.1, 0.15) is 76.5 Å². The fraction of sp³-hybridized carbons (Fsp3) is 0.900. The van der Waals surface area contributed by atoms with Gasteiger partial charge >= 0.3 is 0 Å². The molecule has 120 valence electrons. The minimum atomic E-state index is 0.831. The number of hydrogen-bond acceptors (Lipinski definition) is 0. The van der Waals surface area contributed by atoms with Crippen LogP contribution in [0.2, 0.25) is 0 Å². The SMILES string of the molecule is CCC(C)C(C)C(C)C(C)C(C)C(C)C(C)CC.[3H]C#C. The van der Waals surface area contributed by atoms with Gasteiger partial charge in [-0.15, -0.1) is 12.8 Å². The maximum absolute atomic E-state index is 5.74. The van der Waals surface area contributed by atoms with E-state index in [2.05, 4.69) is 68.7 Å². The summed E-state index contributed by atoms with van der Waals surface area (Å²) in [5.41, 5.74) is 0. The van der Waals surface area contributed by atoms with Crippen molar-refractivity contribution in [3.63, 3.8) is 0 Å². The quantitative estimate of drug-likeness (QED) is 0.445. The summed E-state index contributed by atoms with van der Waals surface area (Å²) < 4.78 is 5.74. The zero-order valence-electron chi connectivity index (χ0n) is 16.5. The van der Waals surface area contributed by atoms with Crippen molar-refractivity contribution in [3.05, 3.63) is 0 Å². The van der Waals surface area contributed by atoms with E-state index in [1.165, 1.54) is 19.2 Å². The topological polar surface area (TPSA) is 0 Å². The molecule has 0 radical (unpaired) electrons. The monoisotopic (exact) mass is 282 g/mol. The van der Waals surface area contributed by atoms with Gasteiger partial charge in [-0.05, 0) is 41.4 Å². The lowest BCUT2D eigenvalue weighted by atomic mass is 9.68. The van der Waals surface area contributed by atoms with Crippen molar-refractivity contribution in [2.75, 3.05) is 0 Å². The van der Waals surface area contributed by atoms with Crippen molar-refractivity contribution in [1.82, 2.24) is 0 Å². The van der Waals surface area contributed by atoms with E-state index in [9.17, 15) is 0 Å². The summed E-state index contributed by atoms with van der Waals surface area (Å²) in [5.74, 6) is 5.90. The van der Waals surface area contributed by atoms with Crippen LogP contribution in [0.4, 0.5) is 0 Å². The second-order valence-electron chi connectivity index (χ2n) is 7.07. The van der Waals surface area contributed by atoms with Crippen molar-refractivity contribution in [3.8, 4) is 12.8 Å². The molecule has 6 atom stereocenters. The Morgan fingerprint density at radius 3 is 1.05 bits per heavy atom. The van der Waals surface area contributed by atoms with E-state index in [0.29, 0.717) is 0 Å². The van der Waals surface area contributed by atoms with Gasteiger partial charge in [0, 0.05) is 0 Å². The van der Waals surface area contributed by atoms with E-state index in [4.69, 9.17) is 1.37 Å². The lowest BCUT2D eigenvalue weighted by Crippen LogP contribution is -2.30. The molecule has 0 aliphatic carbocycles. The summed E-state index contributed by atoms with van der Waals surface area (Å²) in [5, 5.41) is 0. The molecular formula is C20H40. The molecular weight excluding hydrogens is 240 g/mol. The Labute approximate surface area is 131 Å². The zero-order chi connectivity index (χ0) is 17.2. The van der Waals surface area contributed by atoms with Crippen LogP contribution in [0, 0.1) is 54.2 Å². The Morgan fingerprint density at radius 2 is 0.850 bits per heavy atom. The van der Waals surface area contributed by atoms with Gasteiger partial charge in [0.2, 0.25) is 0 Å². The van der Waals surface area contributed by atoms with Gasteiger partial charge in [0.15, 0.2) is 0 Å². The molecule has 0 N–H and O–H groups in total. The largest absolute Gasteiger partial charge is 0.124 e. The lowest BCUT2D eigenvalue weighted by molar-refractivity contribution is 0.116. The van der Waals surface area contributed by atoms with Crippen LogP contribution < -0.4 is 0 Å². The standard InChI is InChI=1S/C18H38.C2H2/c1-10-12(3)14(5)16(7)18(9)17(8)15(6)13(4)11-2;1-2/h12-18H,10-11H2,1-9H3;1-2H/i;1T. The van der Waals surface area contributed by atoms with E-state index in [0.717, 1.165) is 41.4 Å². The van der Waals surface area contributed by atoms with E-state index < -0.39 is 0 Å². The molecule has 6 unspecified atom stereocenters. The summed E-state index contributed by atoms with van der Waals surface area (Å²) in [6.07, 6.45) is 8.39. The Hall–Kier alpha value is -0.440. The predicted octanol–water partition coefficient (Wildman–Crippen LogP) is 6.51. The summed E-state index contributed by atoms with van der Waals surface area (Å²) in [7, 11) is 0. The first kappa shape index (κ1) is 19.6. The molecule has 0 aliphatic rings. The van der Waals surface area contributed by atoms with Gasteiger partial charge in [-0.1, -0.05) is 75.2 Å². The van der Waals surface area contributed by atoms with Gasteiger partial charge in [-0.2, -0.15) is 0 Å². The molecule has 0 amide bonds. The highest BCUT2D eigenvalue weighted by atomic mass is 14.4. The maximum Gasteiger partial charge on any atom is 0.124 e. The Balaban J connectivity index is 0. The van der Waals surface area contributed by atoms with E-state index in [-0.39, 0.29) is 0 Å². The van der Waals surface area contributed by atoms with Gasteiger partial charge in [-0.25, -0.2) is 0 Å². The average molecular weight is 283 g/mol. The normalized spacial score (nSPS) is 21.9. The van der Waals surface area contributed by atoms with Crippen molar-refractivity contribution in [2.24, 2.45) is 41.4 Å². The van der Waals surface area contributed by atoms with Crippen LogP contribution >= 0.6 is 0 Å². The van der Waals surface area contributed by atoms with Crippen LogP contribution in [0.3, 0.4) is 0 Å². The highest BCUT2D eigenvalue weighted by Crippen LogP contribution is 2.37. The van der Waals surface area contributed by atoms with Gasteiger partial charge in [0.25, 0.3) is 0 Å². The number of terminal acetylenes is 1. The first-order valence-electron chi connectivity index (χ1n) is 9.06. The molecule has 0 saturated carbocycles.